The number of aliphatic hydroxyl groups is 1. The van der Waals surface area contributed by atoms with Crippen LogP contribution in [0.1, 0.15) is 39.5 Å². The van der Waals surface area contributed by atoms with E-state index in [1.165, 1.54) is 38.9 Å². The summed E-state index contributed by atoms with van der Waals surface area (Å²) in [7, 11) is 0. The molecule has 0 aromatic rings. The maximum absolute atomic E-state index is 8.67. The zero-order valence-electron chi connectivity index (χ0n) is 10.1. The Morgan fingerprint density at radius 3 is 2.27 bits per heavy atom. The molecule has 1 aliphatic heterocycles. The van der Waals surface area contributed by atoms with Crippen LogP contribution in [0.25, 0.3) is 0 Å². The molecule has 1 rings (SSSR count). The summed E-state index contributed by atoms with van der Waals surface area (Å²) in [6.45, 7) is 8.79. The van der Waals surface area contributed by atoms with Gasteiger partial charge in [-0.05, 0) is 19.4 Å². The second kappa shape index (κ2) is 7.53. The van der Waals surface area contributed by atoms with E-state index in [-0.39, 0.29) is 0 Å². The molecule has 1 N–H and O–H groups in total. The van der Waals surface area contributed by atoms with Crippen LogP contribution < -0.4 is 0 Å². The Morgan fingerprint density at radius 1 is 1.07 bits per heavy atom. The highest BCUT2D eigenvalue weighted by Gasteiger charge is 2.21. The Labute approximate surface area is 98.4 Å². The highest BCUT2D eigenvalue weighted by atomic mass is 32.2. The molecule has 0 spiro atoms. The molecular weight excluding hydrogens is 206 g/mol. The molecule has 3 heteroatoms. The molecule has 2 nitrogen and oxygen atoms in total. The molecule has 1 saturated heterocycles. The first-order valence-corrected chi connectivity index (χ1v) is 7.15. The summed E-state index contributed by atoms with van der Waals surface area (Å²) in [4.78, 5) is 2.60. The fraction of sp³-hybridized carbons (Fsp3) is 1.00. The van der Waals surface area contributed by atoms with Crippen molar-refractivity contribution in [1.82, 2.24) is 4.90 Å². The average molecular weight is 231 g/mol. The van der Waals surface area contributed by atoms with Crippen LogP contribution >= 0.6 is 11.8 Å². The van der Waals surface area contributed by atoms with Gasteiger partial charge in [0.1, 0.15) is 0 Å². The lowest BCUT2D eigenvalue weighted by Gasteiger charge is -2.34. The summed E-state index contributed by atoms with van der Waals surface area (Å²) in [5.41, 5.74) is 0. The van der Waals surface area contributed by atoms with Crippen LogP contribution in [-0.4, -0.2) is 46.7 Å². The van der Waals surface area contributed by atoms with Gasteiger partial charge in [-0.25, -0.2) is 0 Å². The van der Waals surface area contributed by atoms with E-state index in [9.17, 15) is 0 Å². The number of thioether (sulfide) groups is 1. The molecule has 1 fully saturated rings. The van der Waals surface area contributed by atoms with Gasteiger partial charge in [0.2, 0.25) is 0 Å². The third kappa shape index (κ3) is 5.79. The van der Waals surface area contributed by atoms with Crippen LogP contribution in [0.15, 0.2) is 0 Å². The number of nitrogens with zero attached hydrogens (tertiary/aromatic N) is 1. The molecule has 2 atom stereocenters. The van der Waals surface area contributed by atoms with Gasteiger partial charge < -0.3 is 10.0 Å². The van der Waals surface area contributed by atoms with Crippen molar-refractivity contribution in [3.05, 3.63) is 0 Å². The summed E-state index contributed by atoms with van der Waals surface area (Å²) in [5.74, 6) is 0. The minimum atomic E-state index is 0.356. The van der Waals surface area contributed by atoms with Crippen LogP contribution in [-0.2, 0) is 0 Å². The minimum Gasteiger partial charge on any atom is -0.396 e. The van der Waals surface area contributed by atoms with Gasteiger partial charge in [-0.1, -0.05) is 26.7 Å². The Balaban J connectivity index is 2.04. The van der Waals surface area contributed by atoms with Gasteiger partial charge in [0, 0.05) is 30.2 Å². The van der Waals surface area contributed by atoms with E-state index in [4.69, 9.17) is 5.11 Å². The third-order valence-electron chi connectivity index (χ3n) is 2.88. The highest BCUT2D eigenvalue weighted by molar-refractivity contribution is 8.00. The first kappa shape index (κ1) is 13.3. The summed E-state index contributed by atoms with van der Waals surface area (Å²) >= 11 is 2.12. The highest BCUT2D eigenvalue weighted by Crippen LogP contribution is 2.24. The van der Waals surface area contributed by atoms with Crippen molar-refractivity contribution < 1.29 is 5.11 Å². The SMILES string of the molecule is CC1CN(CCCCCCO)CC(C)S1. The van der Waals surface area contributed by atoms with Crippen molar-refractivity contribution in [1.29, 1.82) is 0 Å². The predicted octanol–water partition coefficient (Wildman–Crippen LogP) is 2.36. The Morgan fingerprint density at radius 2 is 1.67 bits per heavy atom. The molecule has 2 unspecified atom stereocenters. The molecule has 0 aliphatic carbocycles. The molecule has 0 aromatic carbocycles. The van der Waals surface area contributed by atoms with E-state index in [2.05, 4.69) is 30.5 Å². The molecule has 1 aliphatic rings. The van der Waals surface area contributed by atoms with Gasteiger partial charge >= 0.3 is 0 Å². The second-order valence-electron chi connectivity index (χ2n) is 4.65. The summed E-state index contributed by atoms with van der Waals surface area (Å²) in [6, 6.07) is 0. The molecule has 0 bridgehead atoms. The normalized spacial score (nSPS) is 28.2. The van der Waals surface area contributed by atoms with Gasteiger partial charge in [-0.15, -0.1) is 0 Å². The second-order valence-corrected chi connectivity index (χ2v) is 6.54. The van der Waals surface area contributed by atoms with E-state index in [1.54, 1.807) is 0 Å². The van der Waals surface area contributed by atoms with Gasteiger partial charge in [0.25, 0.3) is 0 Å². The topological polar surface area (TPSA) is 23.5 Å². The fourth-order valence-corrected chi connectivity index (χ4v) is 3.65. The molecule has 0 saturated carbocycles. The van der Waals surface area contributed by atoms with Crippen molar-refractivity contribution in [2.75, 3.05) is 26.2 Å². The zero-order valence-corrected chi connectivity index (χ0v) is 10.9. The number of hydrogen-bond acceptors (Lipinski definition) is 3. The van der Waals surface area contributed by atoms with Crippen molar-refractivity contribution in [2.45, 2.75) is 50.0 Å². The molecule has 0 aromatic heterocycles. The van der Waals surface area contributed by atoms with E-state index in [0.29, 0.717) is 6.61 Å². The Bertz CT molecular complexity index is 156. The van der Waals surface area contributed by atoms with Crippen LogP contribution in [0, 0.1) is 0 Å². The standard InChI is InChI=1S/C12H25NOS/c1-11-9-13(10-12(2)15-11)7-5-3-4-6-8-14/h11-12,14H,3-10H2,1-2H3. The lowest BCUT2D eigenvalue weighted by Crippen LogP contribution is -2.40. The first-order chi connectivity index (χ1) is 7.22. The lowest BCUT2D eigenvalue weighted by atomic mass is 10.2. The monoisotopic (exact) mass is 231 g/mol. The minimum absolute atomic E-state index is 0.356. The molecule has 1 heterocycles. The maximum atomic E-state index is 8.67. The Hall–Kier alpha value is 0.270. The average Bonchev–Trinajstić information content (AvgIpc) is 2.16. The van der Waals surface area contributed by atoms with E-state index < -0.39 is 0 Å². The van der Waals surface area contributed by atoms with Crippen molar-refractivity contribution >= 4 is 11.8 Å². The van der Waals surface area contributed by atoms with Crippen LogP contribution in [0.2, 0.25) is 0 Å². The van der Waals surface area contributed by atoms with Gasteiger partial charge in [0.15, 0.2) is 0 Å². The summed E-state index contributed by atoms with van der Waals surface area (Å²) in [5, 5.41) is 10.3. The molecule has 0 amide bonds. The molecule has 0 radical (unpaired) electrons. The lowest BCUT2D eigenvalue weighted by molar-refractivity contribution is 0.257. The van der Waals surface area contributed by atoms with Crippen LogP contribution in [0.5, 0.6) is 0 Å². The van der Waals surface area contributed by atoms with Crippen molar-refractivity contribution in [3.63, 3.8) is 0 Å². The summed E-state index contributed by atoms with van der Waals surface area (Å²) in [6.07, 6.45) is 4.73. The summed E-state index contributed by atoms with van der Waals surface area (Å²) < 4.78 is 0. The predicted molar refractivity (Wildman–Crippen MR) is 68.5 cm³/mol. The number of hydrogen-bond donors (Lipinski definition) is 1. The van der Waals surface area contributed by atoms with Crippen molar-refractivity contribution in [3.8, 4) is 0 Å². The van der Waals surface area contributed by atoms with E-state index in [1.807, 2.05) is 0 Å². The third-order valence-corrected chi connectivity index (χ3v) is 4.11. The van der Waals surface area contributed by atoms with E-state index in [0.717, 1.165) is 16.9 Å². The van der Waals surface area contributed by atoms with E-state index >= 15 is 0 Å². The van der Waals surface area contributed by atoms with Crippen molar-refractivity contribution in [2.24, 2.45) is 0 Å². The molecule has 90 valence electrons. The number of aliphatic hydroxyl groups excluding tert-OH is 1. The molecular formula is C12H25NOS. The van der Waals surface area contributed by atoms with Gasteiger partial charge in [-0.3, -0.25) is 0 Å². The number of unbranched alkanes of at least 4 members (excludes halogenated alkanes) is 3. The largest absolute Gasteiger partial charge is 0.396 e. The Kier molecular flexibility index (Phi) is 6.69. The van der Waals surface area contributed by atoms with Gasteiger partial charge in [0.05, 0.1) is 0 Å². The van der Waals surface area contributed by atoms with Crippen LogP contribution in [0.3, 0.4) is 0 Å². The zero-order chi connectivity index (χ0) is 11.1. The molecule has 15 heavy (non-hydrogen) atoms. The quantitative estimate of drug-likeness (QED) is 0.710. The number of rotatable bonds is 6. The van der Waals surface area contributed by atoms with Gasteiger partial charge in [-0.2, -0.15) is 11.8 Å². The smallest absolute Gasteiger partial charge is 0.0431 e. The first-order valence-electron chi connectivity index (χ1n) is 6.21. The fourth-order valence-electron chi connectivity index (χ4n) is 2.27. The van der Waals surface area contributed by atoms with Crippen LogP contribution in [0.4, 0.5) is 0 Å². The maximum Gasteiger partial charge on any atom is 0.0431 e.